The Morgan fingerprint density at radius 2 is 2.23 bits per heavy atom. The van der Waals surface area contributed by atoms with E-state index in [0.717, 1.165) is 11.6 Å². The molecule has 1 heterocycles. The number of hydrogen-bond donors (Lipinski definition) is 0. The number of aromatic nitrogens is 4. The van der Waals surface area contributed by atoms with Crippen molar-refractivity contribution in [3.8, 4) is 0 Å². The Kier molecular flexibility index (Phi) is 3.99. The van der Waals surface area contributed by atoms with Gasteiger partial charge in [-0.05, 0) is 30.5 Å². The summed E-state index contributed by atoms with van der Waals surface area (Å²) in [7, 11) is 0. The quantitative estimate of drug-likeness (QED) is 0.727. The van der Waals surface area contributed by atoms with Gasteiger partial charge in [-0.3, -0.25) is 0 Å². The van der Waals surface area contributed by atoms with E-state index in [-0.39, 0.29) is 5.38 Å². The molecular formula is C7H13ClN4S. The Morgan fingerprint density at radius 3 is 2.77 bits per heavy atom. The average molecular weight is 221 g/mol. The molecular weight excluding hydrogens is 208 g/mol. The smallest absolute Gasteiger partial charge is 0.169 e. The standard InChI is InChI=1S/C7H13ClN4S/c1-5(4-13-3)12-7(6(2)8)9-10-11-12/h5-6H,4H2,1-3H3. The van der Waals surface area contributed by atoms with E-state index >= 15 is 0 Å². The minimum absolute atomic E-state index is 0.140. The van der Waals surface area contributed by atoms with Crippen molar-refractivity contribution in [1.82, 2.24) is 20.2 Å². The SMILES string of the molecule is CSCC(C)n1nnnc1C(C)Cl. The van der Waals surface area contributed by atoms with E-state index in [1.54, 1.807) is 16.4 Å². The van der Waals surface area contributed by atoms with Gasteiger partial charge in [-0.15, -0.1) is 16.7 Å². The lowest BCUT2D eigenvalue weighted by atomic mass is 10.3. The zero-order valence-corrected chi connectivity index (χ0v) is 9.51. The first-order chi connectivity index (χ1) is 6.16. The summed E-state index contributed by atoms with van der Waals surface area (Å²) in [5, 5.41) is 11.3. The van der Waals surface area contributed by atoms with E-state index < -0.39 is 0 Å². The van der Waals surface area contributed by atoms with Crippen LogP contribution in [0.25, 0.3) is 0 Å². The summed E-state index contributed by atoms with van der Waals surface area (Å²) in [6.45, 7) is 3.95. The van der Waals surface area contributed by atoms with Crippen molar-refractivity contribution in [3.63, 3.8) is 0 Å². The molecule has 0 saturated heterocycles. The molecule has 0 amide bonds. The molecule has 0 saturated carbocycles. The number of tetrazole rings is 1. The maximum atomic E-state index is 5.92. The second kappa shape index (κ2) is 4.81. The number of nitrogens with zero attached hydrogens (tertiary/aromatic N) is 4. The second-order valence-electron chi connectivity index (χ2n) is 2.90. The van der Waals surface area contributed by atoms with Gasteiger partial charge in [0.25, 0.3) is 0 Å². The highest BCUT2D eigenvalue weighted by molar-refractivity contribution is 7.98. The highest BCUT2D eigenvalue weighted by Gasteiger charge is 2.15. The van der Waals surface area contributed by atoms with Gasteiger partial charge >= 0.3 is 0 Å². The van der Waals surface area contributed by atoms with Crippen molar-refractivity contribution in [2.24, 2.45) is 0 Å². The molecule has 0 radical (unpaired) electrons. The molecule has 74 valence electrons. The van der Waals surface area contributed by atoms with E-state index in [2.05, 4.69) is 28.7 Å². The lowest BCUT2D eigenvalue weighted by molar-refractivity contribution is 0.500. The minimum atomic E-state index is -0.140. The first-order valence-corrected chi connectivity index (χ1v) is 5.90. The molecule has 1 aromatic heterocycles. The number of alkyl halides is 1. The van der Waals surface area contributed by atoms with Crippen molar-refractivity contribution >= 4 is 23.4 Å². The fourth-order valence-corrected chi connectivity index (χ4v) is 1.86. The van der Waals surface area contributed by atoms with Crippen molar-refractivity contribution in [2.75, 3.05) is 12.0 Å². The van der Waals surface area contributed by atoms with Crippen LogP contribution in [-0.2, 0) is 0 Å². The Hall–Kier alpha value is -0.290. The van der Waals surface area contributed by atoms with Crippen LogP contribution in [0.4, 0.5) is 0 Å². The van der Waals surface area contributed by atoms with Crippen molar-refractivity contribution in [2.45, 2.75) is 25.3 Å². The Labute approximate surface area is 87.0 Å². The number of thioether (sulfide) groups is 1. The fourth-order valence-electron chi connectivity index (χ4n) is 1.09. The van der Waals surface area contributed by atoms with Crippen LogP contribution in [-0.4, -0.2) is 32.2 Å². The van der Waals surface area contributed by atoms with E-state index in [4.69, 9.17) is 11.6 Å². The highest BCUT2D eigenvalue weighted by atomic mass is 35.5. The van der Waals surface area contributed by atoms with Gasteiger partial charge in [0.2, 0.25) is 0 Å². The van der Waals surface area contributed by atoms with Crippen LogP contribution in [0.3, 0.4) is 0 Å². The summed E-state index contributed by atoms with van der Waals surface area (Å²) in [6, 6.07) is 0.293. The lowest BCUT2D eigenvalue weighted by Gasteiger charge is -2.12. The monoisotopic (exact) mass is 220 g/mol. The molecule has 2 atom stereocenters. The van der Waals surface area contributed by atoms with Crippen molar-refractivity contribution in [1.29, 1.82) is 0 Å². The predicted molar refractivity (Wildman–Crippen MR) is 55.2 cm³/mol. The van der Waals surface area contributed by atoms with Crippen molar-refractivity contribution in [3.05, 3.63) is 5.82 Å². The normalized spacial score (nSPS) is 15.7. The first-order valence-electron chi connectivity index (χ1n) is 4.07. The molecule has 0 aliphatic heterocycles. The molecule has 13 heavy (non-hydrogen) atoms. The second-order valence-corrected chi connectivity index (χ2v) is 4.47. The fraction of sp³-hybridized carbons (Fsp3) is 0.857. The molecule has 0 aliphatic rings. The Morgan fingerprint density at radius 1 is 1.54 bits per heavy atom. The van der Waals surface area contributed by atoms with E-state index in [0.29, 0.717) is 6.04 Å². The number of rotatable bonds is 4. The third-order valence-corrected chi connectivity index (χ3v) is 2.71. The van der Waals surface area contributed by atoms with Gasteiger partial charge in [0.1, 0.15) is 0 Å². The van der Waals surface area contributed by atoms with Gasteiger partial charge in [-0.2, -0.15) is 11.8 Å². The molecule has 0 aromatic carbocycles. The summed E-state index contributed by atoms with van der Waals surface area (Å²) < 4.78 is 1.79. The Bertz CT molecular complexity index is 263. The van der Waals surface area contributed by atoms with Gasteiger partial charge < -0.3 is 0 Å². The minimum Gasteiger partial charge on any atom is -0.224 e. The maximum Gasteiger partial charge on any atom is 0.169 e. The van der Waals surface area contributed by atoms with Gasteiger partial charge in [-0.1, -0.05) is 0 Å². The van der Waals surface area contributed by atoms with Crippen LogP contribution in [0.2, 0.25) is 0 Å². The molecule has 1 aromatic rings. The topological polar surface area (TPSA) is 43.6 Å². The maximum absolute atomic E-state index is 5.92. The third kappa shape index (κ3) is 2.57. The number of halogens is 1. The summed E-state index contributed by atoms with van der Waals surface area (Å²) in [5.41, 5.74) is 0. The highest BCUT2D eigenvalue weighted by Crippen LogP contribution is 2.19. The van der Waals surface area contributed by atoms with Gasteiger partial charge in [0, 0.05) is 5.75 Å². The molecule has 0 bridgehead atoms. The van der Waals surface area contributed by atoms with E-state index in [1.807, 2.05) is 6.92 Å². The first kappa shape index (κ1) is 10.8. The molecule has 0 N–H and O–H groups in total. The van der Waals surface area contributed by atoms with E-state index in [9.17, 15) is 0 Å². The van der Waals surface area contributed by atoms with Gasteiger partial charge in [0.15, 0.2) is 5.82 Å². The van der Waals surface area contributed by atoms with Crippen LogP contribution >= 0.6 is 23.4 Å². The van der Waals surface area contributed by atoms with Gasteiger partial charge in [-0.25, -0.2) is 4.68 Å². The van der Waals surface area contributed by atoms with E-state index in [1.165, 1.54) is 0 Å². The van der Waals surface area contributed by atoms with Crippen LogP contribution in [0.1, 0.15) is 31.1 Å². The Balaban J connectivity index is 2.80. The molecule has 0 fully saturated rings. The van der Waals surface area contributed by atoms with Crippen LogP contribution in [0.5, 0.6) is 0 Å². The van der Waals surface area contributed by atoms with Crippen molar-refractivity contribution < 1.29 is 0 Å². The van der Waals surface area contributed by atoms with Gasteiger partial charge in [0.05, 0.1) is 11.4 Å². The summed E-state index contributed by atoms with van der Waals surface area (Å²) in [4.78, 5) is 0. The molecule has 2 unspecified atom stereocenters. The summed E-state index contributed by atoms with van der Waals surface area (Å²) in [5.74, 6) is 1.73. The predicted octanol–water partition coefficient (Wildman–Crippen LogP) is 1.90. The molecule has 0 aliphatic carbocycles. The third-order valence-electron chi connectivity index (χ3n) is 1.70. The summed E-state index contributed by atoms with van der Waals surface area (Å²) in [6.07, 6.45) is 2.06. The average Bonchev–Trinajstić information content (AvgIpc) is 2.52. The largest absolute Gasteiger partial charge is 0.224 e. The molecule has 0 spiro atoms. The number of hydrogen-bond acceptors (Lipinski definition) is 4. The lowest BCUT2D eigenvalue weighted by Crippen LogP contribution is -2.13. The molecule has 1 rings (SSSR count). The van der Waals surface area contributed by atoms with Crippen LogP contribution in [0.15, 0.2) is 0 Å². The zero-order chi connectivity index (χ0) is 9.84. The zero-order valence-electron chi connectivity index (χ0n) is 7.94. The van der Waals surface area contributed by atoms with Crippen LogP contribution in [0, 0.1) is 0 Å². The molecule has 4 nitrogen and oxygen atoms in total. The summed E-state index contributed by atoms with van der Waals surface area (Å²) >= 11 is 7.69. The van der Waals surface area contributed by atoms with Crippen LogP contribution < -0.4 is 0 Å². The molecule has 6 heteroatoms.